The number of amides is 2. The Morgan fingerprint density at radius 3 is 2.75 bits per heavy atom. The third-order valence-electron chi connectivity index (χ3n) is 2.85. The third-order valence-corrected chi connectivity index (χ3v) is 2.85. The van der Waals surface area contributed by atoms with Crippen LogP contribution >= 0.6 is 0 Å². The van der Waals surface area contributed by atoms with Gasteiger partial charge in [-0.3, -0.25) is 9.59 Å². The molecule has 0 aromatic heterocycles. The molecule has 1 aliphatic rings. The summed E-state index contributed by atoms with van der Waals surface area (Å²) in [5.41, 5.74) is 1.20. The topological polar surface area (TPSA) is 67.4 Å². The summed E-state index contributed by atoms with van der Waals surface area (Å²) in [6.45, 7) is 7.51. The number of hydrogen-bond donors (Lipinski definition) is 2. The highest BCUT2D eigenvalue weighted by molar-refractivity contribution is 5.97. The van der Waals surface area contributed by atoms with Crippen LogP contribution in [0.1, 0.15) is 33.3 Å². The van der Waals surface area contributed by atoms with E-state index in [-0.39, 0.29) is 23.8 Å². The van der Waals surface area contributed by atoms with Crippen molar-refractivity contribution in [3.05, 3.63) is 23.8 Å². The summed E-state index contributed by atoms with van der Waals surface area (Å²) in [4.78, 5) is 23.4. The molecule has 1 aromatic carbocycles. The zero-order valence-corrected chi connectivity index (χ0v) is 12.2. The molecular weight excluding hydrogens is 256 g/mol. The number of carbonyl (C=O) groups is 2. The molecule has 5 heteroatoms. The number of carbonyl (C=O) groups excluding carboxylic acids is 2. The second kappa shape index (κ2) is 5.15. The van der Waals surface area contributed by atoms with Crippen molar-refractivity contribution < 1.29 is 14.3 Å². The van der Waals surface area contributed by atoms with E-state index >= 15 is 0 Å². The number of ether oxygens (including phenoxy) is 1. The fraction of sp³-hybridized carbons (Fsp3) is 0.467. The van der Waals surface area contributed by atoms with Crippen LogP contribution in [0.3, 0.4) is 0 Å². The SMILES string of the molecule is CC1Oc2ccc(CC(=O)NC(C)(C)C)cc2NC1=O. The van der Waals surface area contributed by atoms with Gasteiger partial charge < -0.3 is 15.4 Å². The van der Waals surface area contributed by atoms with Crippen molar-refractivity contribution in [1.29, 1.82) is 0 Å². The fourth-order valence-electron chi connectivity index (χ4n) is 2.01. The highest BCUT2D eigenvalue weighted by Crippen LogP contribution is 2.30. The van der Waals surface area contributed by atoms with Gasteiger partial charge in [0.15, 0.2) is 6.10 Å². The highest BCUT2D eigenvalue weighted by Gasteiger charge is 2.23. The summed E-state index contributed by atoms with van der Waals surface area (Å²) in [5, 5.41) is 5.68. The largest absolute Gasteiger partial charge is 0.479 e. The van der Waals surface area contributed by atoms with Gasteiger partial charge in [0.05, 0.1) is 12.1 Å². The first kappa shape index (κ1) is 14.4. The van der Waals surface area contributed by atoms with E-state index in [1.165, 1.54) is 0 Å². The second-order valence-corrected chi connectivity index (χ2v) is 6.05. The van der Waals surface area contributed by atoms with Crippen molar-refractivity contribution in [1.82, 2.24) is 5.32 Å². The van der Waals surface area contributed by atoms with Gasteiger partial charge in [0, 0.05) is 5.54 Å². The Kier molecular flexibility index (Phi) is 3.70. The maximum Gasteiger partial charge on any atom is 0.265 e. The highest BCUT2D eigenvalue weighted by atomic mass is 16.5. The van der Waals surface area contributed by atoms with Crippen LogP contribution in [0, 0.1) is 0 Å². The van der Waals surface area contributed by atoms with E-state index in [1.54, 1.807) is 19.1 Å². The molecule has 0 saturated heterocycles. The molecule has 2 rings (SSSR count). The quantitative estimate of drug-likeness (QED) is 0.866. The van der Waals surface area contributed by atoms with Crippen LogP contribution in [0.25, 0.3) is 0 Å². The van der Waals surface area contributed by atoms with Crippen molar-refractivity contribution >= 4 is 17.5 Å². The fourth-order valence-corrected chi connectivity index (χ4v) is 2.01. The standard InChI is InChI=1S/C15H20N2O3/c1-9-14(19)16-11-7-10(5-6-12(11)20-9)8-13(18)17-15(2,3)4/h5-7,9H,8H2,1-4H3,(H,16,19)(H,17,18). The number of anilines is 1. The number of rotatable bonds is 2. The molecule has 1 aromatic rings. The zero-order chi connectivity index (χ0) is 14.9. The Balaban J connectivity index is 2.10. The Morgan fingerprint density at radius 1 is 1.40 bits per heavy atom. The number of nitrogens with one attached hydrogen (secondary N) is 2. The lowest BCUT2D eigenvalue weighted by Crippen LogP contribution is -2.41. The van der Waals surface area contributed by atoms with Gasteiger partial charge in [-0.1, -0.05) is 6.07 Å². The maximum absolute atomic E-state index is 11.9. The number of hydrogen-bond acceptors (Lipinski definition) is 3. The Bertz CT molecular complexity index is 547. The summed E-state index contributed by atoms with van der Waals surface area (Å²) in [7, 11) is 0. The van der Waals surface area contributed by atoms with Crippen molar-refractivity contribution in [2.24, 2.45) is 0 Å². The van der Waals surface area contributed by atoms with Gasteiger partial charge in [0.2, 0.25) is 5.91 Å². The van der Waals surface area contributed by atoms with Crippen molar-refractivity contribution in [3.63, 3.8) is 0 Å². The van der Waals surface area contributed by atoms with Crippen LogP contribution in [0.2, 0.25) is 0 Å². The molecule has 108 valence electrons. The molecule has 0 saturated carbocycles. The third kappa shape index (κ3) is 3.50. The van der Waals surface area contributed by atoms with Gasteiger partial charge >= 0.3 is 0 Å². The normalized spacial score (nSPS) is 17.8. The molecule has 0 bridgehead atoms. The molecule has 0 spiro atoms. The Hall–Kier alpha value is -2.04. The molecule has 1 unspecified atom stereocenters. The molecule has 1 aliphatic heterocycles. The molecule has 0 fully saturated rings. The monoisotopic (exact) mass is 276 g/mol. The lowest BCUT2D eigenvalue weighted by atomic mass is 10.1. The molecule has 5 nitrogen and oxygen atoms in total. The van der Waals surface area contributed by atoms with E-state index in [4.69, 9.17) is 4.74 Å². The average molecular weight is 276 g/mol. The zero-order valence-electron chi connectivity index (χ0n) is 12.2. The molecule has 0 radical (unpaired) electrons. The van der Waals surface area contributed by atoms with Crippen molar-refractivity contribution in [2.45, 2.75) is 45.8 Å². The first-order valence-electron chi connectivity index (χ1n) is 6.66. The van der Waals surface area contributed by atoms with Crippen LogP contribution in [0.4, 0.5) is 5.69 Å². The van der Waals surface area contributed by atoms with Gasteiger partial charge in [-0.2, -0.15) is 0 Å². The van der Waals surface area contributed by atoms with E-state index < -0.39 is 6.10 Å². The number of benzene rings is 1. The van der Waals surface area contributed by atoms with Crippen LogP contribution in [0.15, 0.2) is 18.2 Å². The molecule has 1 heterocycles. The van der Waals surface area contributed by atoms with E-state index in [1.807, 2.05) is 26.8 Å². The number of fused-ring (bicyclic) bond motifs is 1. The van der Waals surface area contributed by atoms with Crippen LogP contribution in [0.5, 0.6) is 5.75 Å². The summed E-state index contributed by atoms with van der Waals surface area (Å²) < 4.78 is 5.47. The Morgan fingerprint density at radius 2 is 2.10 bits per heavy atom. The minimum Gasteiger partial charge on any atom is -0.479 e. The molecule has 0 aliphatic carbocycles. The van der Waals surface area contributed by atoms with E-state index in [9.17, 15) is 9.59 Å². The lowest BCUT2D eigenvalue weighted by molar-refractivity contribution is -0.123. The average Bonchev–Trinajstić information content (AvgIpc) is 2.28. The predicted molar refractivity (Wildman–Crippen MR) is 76.8 cm³/mol. The van der Waals surface area contributed by atoms with E-state index in [2.05, 4.69) is 10.6 Å². The van der Waals surface area contributed by atoms with Gasteiger partial charge in [-0.25, -0.2) is 0 Å². The smallest absolute Gasteiger partial charge is 0.265 e. The van der Waals surface area contributed by atoms with E-state index in [0.29, 0.717) is 11.4 Å². The second-order valence-electron chi connectivity index (χ2n) is 6.05. The first-order valence-corrected chi connectivity index (χ1v) is 6.66. The molecule has 20 heavy (non-hydrogen) atoms. The van der Waals surface area contributed by atoms with Gasteiger partial charge in [0.1, 0.15) is 5.75 Å². The first-order chi connectivity index (χ1) is 9.24. The maximum atomic E-state index is 11.9. The van der Waals surface area contributed by atoms with E-state index in [0.717, 1.165) is 5.56 Å². The molecule has 2 N–H and O–H groups in total. The van der Waals surface area contributed by atoms with Crippen molar-refractivity contribution in [3.8, 4) is 5.75 Å². The minimum absolute atomic E-state index is 0.0473. The predicted octanol–water partition coefficient (Wildman–Crippen LogP) is 1.86. The van der Waals surface area contributed by atoms with Gasteiger partial charge in [-0.05, 0) is 45.4 Å². The molecule has 2 amide bonds. The van der Waals surface area contributed by atoms with Crippen LogP contribution in [-0.4, -0.2) is 23.5 Å². The lowest BCUT2D eigenvalue weighted by Gasteiger charge is -2.24. The van der Waals surface area contributed by atoms with Crippen molar-refractivity contribution in [2.75, 3.05) is 5.32 Å². The summed E-state index contributed by atoms with van der Waals surface area (Å²) in [6, 6.07) is 5.40. The summed E-state index contributed by atoms with van der Waals surface area (Å²) in [6.07, 6.45) is -0.215. The Labute approximate surface area is 118 Å². The minimum atomic E-state index is -0.488. The molecule has 1 atom stereocenters. The summed E-state index contributed by atoms with van der Waals surface area (Å²) in [5.74, 6) is 0.416. The molecular formula is C15H20N2O3. The van der Waals surface area contributed by atoms with Gasteiger partial charge in [0.25, 0.3) is 5.91 Å². The van der Waals surface area contributed by atoms with Crippen LogP contribution < -0.4 is 15.4 Å². The van der Waals surface area contributed by atoms with Crippen LogP contribution in [-0.2, 0) is 16.0 Å². The summed E-state index contributed by atoms with van der Waals surface area (Å²) >= 11 is 0. The van der Waals surface area contributed by atoms with Gasteiger partial charge in [-0.15, -0.1) is 0 Å².